The van der Waals surface area contributed by atoms with Crippen LogP contribution in [0.1, 0.15) is 32.6 Å². The summed E-state index contributed by atoms with van der Waals surface area (Å²) in [6.07, 6.45) is 4.55. The number of nitrogens with two attached hydrogens (primary N) is 1. The monoisotopic (exact) mass is 255 g/mol. The number of carbonyl (C=O) groups is 1. The van der Waals surface area contributed by atoms with Crippen molar-refractivity contribution < 1.29 is 4.79 Å². The summed E-state index contributed by atoms with van der Waals surface area (Å²) in [5.41, 5.74) is 5.68. The van der Waals surface area contributed by atoms with Crippen LogP contribution in [0, 0.1) is 11.8 Å². The lowest BCUT2D eigenvalue weighted by molar-refractivity contribution is 0.168. The number of nitrogens with zero attached hydrogens (tertiary/aromatic N) is 1. The van der Waals surface area contributed by atoms with E-state index < -0.39 is 0 Å². The number of hydrogen-bond donors (Lipinski definition) is 2. The highest BCUT2D eigenvalue weighted by Crippen LogP contribution is 2.33. The Morgan fingerprint density at radius 3 is 2.71 bits per heavy atom. The summed E-state index contributed by atoms with van der Waals surface area (Å²) >= 11 is 5.02. The van der Waals surface area contributed by atoms with Gasteiger partial charge in [-0.25, -0.2) is 4.79 Å². The number of nitrogens with one attached hydrogen (secondary N) is 1. The van der Waals surface area contributed by atoms with Crippen molar-refractivity contribution in [3.63, 3.8) is 0 Å². The molecule has 2 unspecified atom stereocenters. The summed E-state index contributed by atoms with van der Waals surface area (Å²) in [4.78, 5) is 14.4. The molecule has 3 N–H and O–H groups in total. The van der Waals surface area contributed by atoms with Crippen molar-refractivity contribution in [1.82, 2.24) is 10.2 Å². The Balaban J connectivity index is 1.88. The van der Waals surface area contributed by atoms with E-state index in [1.807, 2.05) is 4.90 Å². The van der Waals surface area contributed by atoms with Crippen LogP contribution in [-0.4, -0.2) is 35.1 Å². The molecule has 0 bridgehead atoms. The van der Waals surface area contributed by atoms with Gasteiger partial charge in [0.05, 0.1) is 11.0 Å². The molecule has 0 spiro atoms. The molecule has 17 heavy (non-hydrogen) atoms. The highest BCUT2D eigenvalue weighted by atomic mass is 32.1. The van der Waals surface area contributed by atoms with Crippen LogP contribution in [-0.2, 0) is 0 Å². The molecule has 2 amide bonds. The molecule has 2 atom stereocenters. The van der Waals surface area contributed by atoms with Gasteiger partial charge in [-0.3, -0.25) is 0 Å². The van der Waals surface area contributed by atoms with Crippen LogP contribution in [0.2, 0.25) is 0 Å². The van der Waals surface area contributed by atoms with Gasteiger partial charge < -0.3 is 16.0 Å². The SMILES string of the molecule is CC1CCCN(C(=O)NC(C(N)=S)C2CC2)C1. The Morgan fingerprint density at radius 2 is 2.18 bits per heavy atom. The summed E-state index contributed by atoms with van der Waals surface area (Å²) in [6.45, 7) is 3.89. The van der Waals surface area contributed by atoms with E-state index in [1.165, 1.54) is 6.42 Å². The van der Waals surface area contributed by atoms with Crippen LogP contribution in [0.15, 0.2) is 0 Å². The second kappa shape index (κ2) is 5.21. The Labute approximate surface area is 108 Å². The van der Waals surface area contributed by atoms with Crippen molar-refractivity contribution in [2.75, 3.05) is 13.1 Å². The normalized spacial score (nSPS) is 26.4. The van der Waals surface area contributed by atoms with Crippen molar-refractivity contribution in [2.24, 2.45) is 17.6 Å². The molecule has 2 rings (SSSR count). The molecular weight excluding hydrogens is 234 g/mol. The van der Waals surface area contributed by atoms with Gasteiger partial charge in [0.15, 0.2) is 0 Å². The average Bonchev–Trinajstić information content (AvgIpc) is 3.09. The van der Waals surface area contributed by atoms with E-state index in [1.54, 1.807) is 0 Å². The van der Waals surface area contributed by atoms with Crippen LogP contribution < -0.4 is 11.1 Å². The van der Waals surface area contributed by atoms with Gasteiger partial charge in [-0.1, -0.05) is 19.1 Å². The van der Waals surface area contributed by atoms with Gasteiger partial charge in [-0.2, -0.15) is 0 Å². The van der Waals surface area contributed by atoms with Gasteiger partial charge in [0.2, 0.25) is 0 Å². The molecule has 2 fully saturated rings. The molecule has 96 valence electrons. The molecule has 0 aromatic rings. The molecule has 1 aliphatic heterocycles. The lowest BCUT2D eigenvalue weighted by atomic mass is 10.0. The quantitative estimate of drug-likeness (QED) is 0.751. The number of thiocarbonyl (C=S) groups is 1. The fourth-order valence-corrected chi connectivity index (χ4v) is 2.70. The van der Waals surface area contributed by atoms with Crippen LogP contribution >= 0.6 is 12.2 Å². The predicted molar refractivity (Wildman–Crippen MR) is 71.8 cm³/mol. The first-order chi connectivity index (χ1) is 8.08. The molecule has 5 heteroatoms. The molecule has 0 radical (unpaired) electrons. The first-order valence-corrected chi connectivity index (χ1v) is 6.83. The lowest BCUT2D eigenvalue weighted by Crippen LogP contribution is -2.52. The van der Waals surface area contributed by atoms with Crippen molar-refractivity contribution in [1.29, 1.82) is 0 Å². The number of rotatable bonds is 3. The fourth-order valence-electron chi connectivity index (χ4n) is 2.45. The fraction of sp³-hybridized carbons (Fsp3) is 0.833. The minimum atomic E-state index is -0.102. The predicted octanol–water partition coefficient (Wildman–Crippen LogP) is 1.49. The molecule has 1 aliphatic carbocycles. The maximum Gasteiger partial charge on any atom is 0.317 e. The molecule has 0 aromatic heterocycles. The van der Waals surface area contributed by atoms with Crippen LogP contribution in [0.3, 0.4) is 0 Å². The van der Waals surface area contributed by atoms with Gasteiger partial charge in [0, 0.05) is 13.1 Å². The zero-order chi connectivity index (χ0) is 12.4. The van der Waals surface area contributed by atoms with E-state index in [4.69, 9.17) is 18.0 Å². The van der Waals surface area contributed by atoms with Gasteiger partial charge in [0.1, 0.15) is 0 Å². The summed E-state index contributed by atoms with van der Waals surface area (Å²) in [7, 11) is 0. The standard InChI is InChI=1S/C12H21N3OS/c1-8-3-2-6-15(7-8)12(16)14-10(11(13)17)9-4-5-9/h8-10H,2-7H2,1H3,(H2,13,17)(H,14,16). The van der Waals surface area contributed by atoms with Crippen molar-refractivity contribution >= 4 is 23.2 Å². The van der Waals surface area contributed by atoms with E-state index in [-0.39, 0.29) is 12.1 Å². The third kappa shape index (κ3) is 3.31. The second-order valence-electron chi connectivity index (χ2n) is 5.36. The average molecular weight is 255 g/mol. The van der Waals surface area contributed by atoms with Gasteiger partial charge in [-0.15, -0.1) is 0 Å². The summed E-state index contributed by atoms with van der Waals surface area (Å²) in [5.74, 6) is 1.07. The van der Waals surface area contributed by atoms with E-state index in [2.05, 4.69) is 12.2 Å². The number of hydrogen-bond acceptors (Lipinski definition) is 2. The first-order valence-electron chi connectivity index (χ1n) is 6.42. The minimum absolute atomic E-state index is 0.00116. The number of carbonyl (C=O) groups excluding carboxylic acids is 1. The molecular formula is C12H21N3OS. The Morgan fingerprint density at radius 1 is 1.47 bits per heavy atom. The van der Waals surface area contributed by atoms with Crippen LogP contribution in [0.4, 0.5) is 4.79 Å². The molecule has 2 aliphatic rings. The van der Waals surface area contributed by atoms with Gasteiger partial charge >= 0.3 is 6.03 Å². The summed E-state index contributed by atoms with van der Waals surface area (Å²) in [6, 6.07) is -0.101. The molecule has 0 aromatic carbocycles. The molecule has 4 nitrogen and oxygen atoms in total. The number of amides is 2. The Kier molecular flexibility index (Phi) is 3.86. The van der Waals surface area contributed by atoms with Gasteiger partial charge in [-0.05, 0) is 37.5 Å². The van der Waals surface area contributed by atoms with Crippen LogP contribution in [0.25, 0.3) is 0 Å². The highest BCUT2D eigenvalue weighted by Gasteiger charge is 2.35. The molecule has 1 saturated carbocycles. The lowest BCUT2D eigenvalue weighted by Gasteiger charge is -2.32. The summed E-state index contributed by atoms with van der Waals surface area (Å²) < 4.78 is 0. The minimum Gasteiger partial charge on any atom is -0.392 e. The van der Waals surface area contributed by atoms with E-state index >= 15 is 0 Å². The maximum absolute atomic E-state index is 12.1. The largest absolute Gasteiger partial charge is 0.392 e. The van der Waals surface area contributed by atoms with Crippen molar-refractivity contribution in [3.05, 3.63) is 0 Å². The van der Waals surface area contributed by atoms with E-state index in [0.717, 1.165) is 32.4 Å². The van der Waals surface area contributed by atoms with Crippen LogP contribution in [0.5, 0.6) is 0 Å². The Bertz CT molecular complexity index is 317. The smallest absolute Gasteiger partial charge is 0.317 e. The van der Waals surface area contributed by atoms with E-state index in [0.29, 0.717) is 16.8 Å². The maximum atomic E-state index is 12.1. The topological polar surface area (TPSA) is 58.4 Å². The number of piperidine rings is 1. The Hall–Kier alpha value is -0.840. The first kappa shape index (κ1) is 12.6. The van der Waals surface area contributed by atoms with Crippen molar-refractivity contribution in [3.8, 4) is 0 Å². The van der Waals surface area contributed by atoms with E-state index in [9.17, 15) is 4.79 Å². The number of likely N-dealkylation sites (tertiary alicyclic amines) is 1. The second-order valence-corrected chi connectivity index (χ2v) is 5.83. The molecule has 1 heterocycles. The summed E-state index contributed by atoms with van der Waals surface area (Å²) in [5, 5.41) is 2.99. The van der Waals surface area contributed by atoms with Gasteiger partial charge in [0.25, 0.3) is 0 Å². The third-order valence-electron chi connectivity index (χ3n) is 3.62. The highest BCUT2D eigenvalue weighted by molar-refractivity contribution is 7.80. The van der Waals surface area contributed by atoms with Crippen molar-refractivity contribution in [2.45, 2.75) is 38.6 Å². The number of urea groups is 1. The zero-order valence-corrected chi connectivity index (χ0v) is 11.1. The third-order valence-corrected chi connectivity index (χ3v) is 3.88. The zero-order valence-electron chi connectivity index (χ0n) is 10.3. The molecule has 1 saturated heterocycles.